The molecule has 1 aliphatic heterocycles. The number of nitrogens with zero attached hydrogens (tertiary/aromatic N) is 1. The first kappa shape index (κ1) is 13.2. The molecular weight excluding hydrogens is 188 g/mol. The summed E-state index contributed by atoms with van der Waals surface area (Å²) in [7, 11) is 0. The van der Waals surface area contributed by atoms with Gasteiger partial charge in [-0.1, -0.05) is 0 Å². The average molecular weight is 209 g/mol. The van der Waals surface area contributed by atoms with Crippen LogP contribution in [0, 0.1) is 0 Å². The second-order valence-electron chi connectivity index (χ2n) is 4.52. The van der Waals surface area contributed by atoms with E-state index in [4.69, 9.17) is 5.73 Å². The Morgan fingerprint density at radius 3 is 2.62 bits per heavy atom. The van der Waals surface area contributed by atoms with E-state index in [2.05, 4.69) is 4.90 Å². The zero-order valence-electron chi connectivity index (χ0n) is 8.49. The van der Waals surface area contributed by atoms with Crippen LogP contribution in [0.3, 0.4) is 0 Å². The number of likely N-dealkylation sites (tertiary alicyclic amines) is 1. The summed E-state index contributed by atoms with van der Waals surface area (Å²) in [4.78, 5) is 2.24. The van der Waals surface area contributed by atoms with Crippen LogP contribution < -0.4 is 5.73 Å². The molecule has 0 aromatic rings. The molecule has 0 spiro atoms. The maximum absolute atomic E-state index is 9.39. The Balaban J connectivity index is 0.00000144. The van der Waals surface area contributed by atoms with E-state index in [1.54, 1.807) is 0 Å². The number of aliphatic hydroxyl groups is 1. The van der Waals surface area contributed by atoms with Crippen molar-refractivity contribution in [2.75, 3.05) is 19.6 Å². The number of hydrogen-bond donors (Lipinski definition) is 2. The highest BCUT2D eigenvalue weighted by molar-refractivity contribution is 5.85. The summed E-state index contributed by atoms with van der Waals surface area (Å²) in [6.45, 7) is 6.80. The van der Waals surface area contributed by atoms with Crippen molar-refractivity contribution in [3.8, 4) is 0 Å². The highest BCUT2D eigenvalue weighted by atomic mass is 35.5. The molecule has 0 aromatic carbocycles. The van der Waals surface area contributed by atoms with Crippen LogP contribution in [0.15, 0.2) is 0 Å². The smallest absolute Gasteiger partial charge is 0.0667 e. The molecular formula is C9H21ClN2O. The standard InChI is InChI=1S/C9H20N2O.ClH/c1-9(2,10)7-11-5-3-4-8(12)6-11;/h8,12H,3-7,10H2,1-2H3;1H. The fourth-order valence-corrected chi connectivity index (χ4v) is 1.75. The number of hydrogen-bond acceptors (Lipinski definition) is 3. The molecule has 0 bridgehead atoms. The second-order valence-corrected chi connectivity index (χ2v) is 4.52. The van der Waals surface area contributed by atoms with Gasteiger partial charge in [0.1, 0.15) is 0 Å². The molecule has 0 aromatic heterocycles. The van der Waals surface area contributed by atoms with Crippen LogP contribution in [-0.4, -0.2) is 41.3 Å². The van der Waals surface area contributed by atoms with Gasteiger partial charge in [-0.2, -0.15) is 0 Å². The topological polar surface area (TPSA) is 49.5 Å². The minimum absolute atomic E-state index is 0. The van der Waals surface area contributed by atoms with E-state index < -0.39 is 0 Å². The predicted molar refractivity (Wildman–Crippen MR) is 57.2 cm³/mol. The van der Waals surface area contributed by atoms with Crippen LogP contribution in [0.4, 0.5) is 0 Å². The number of nitrogens with two attached hydrogens (primary N) is 1. The van der Waals surface area contributed by atoms with Crippen LogP contribution in [0.2, 0.25) is 0 Å². The quantitative estimate of drug-likeness (QED) is 0.699. The molecule has 1 heterocycles. The molecule has 80 valence electrons. The van der Waals surface area contributed by atoms with Crippen molar-refractivity contribution in [1.82, 2.24) is 4.90 Å². The van der Waals surface area contributed by atoms with Crippen molar-refractivity contribution in [2.45, 2.75) is 38.3 Å². The summed E-state index contributed by atoms with van der Waals surface area (Å²) in [5.41, 5.74) is 5.75. The van der Waals surface area contributed by atoms with E-state index >= 15 is 0 Å². The zero-order valence-corrected chi connectivity index (χ0v) is 9.31. The molecule has 1 saturated heterocycles. The molecule has 13 heavy (non-hydrogen) atoms. The first-order valence-corrected chi connectivity index (χ1v) is 4.67. The van der Waals surface area contributed by atoms with Crippen LogP contribution in [-0.2, 0) is 0 Å². The molecule has 1 atom stereocenters. The van der Waals surface area contributed by atoms with Gasteiger partial charge >= 0.3 is 0 Å². The number of halogens is 1. The Hall–Kier alpha value is 0.170. The van der Waals surface area contributed by atoms with E-state index in [0.717, 1.165) is 32.5 Å². The van der Waals surface area contributed by atoms with E-state index in [-0.39, 0.29) is 24.0 Å². The Morgan fingerprint density at radius 2 is 2.15 bits per heavy atom. The minimum Gasteiger partial charge on any atom is -0.392 e. The Kier molecular flexibility index (Phi) is 5.22. The largest absolute Gasteiger partial charge is 0.392 e. The number of piperidine rings is 1. The number of rotatable bonds is 2. The molecule has 1 aliphatic rings. The van der Waals surface area contributed by atoms with Gasteiger partial charge in [-0.15, -0.1) is 12.4 Å². The minimum atomic E-state index is -0.142. The van der Waals surface area contributed by atoms with Crippen molar-refractivity contribution in [1.29, 1.82) is 0 Å². The van der Waals surface area contributed by atoms with Crippen molar-refractivity contribution < 1.29 is 5.11 Å². The summed E-state index contributed by atoms with van der Waals surface area (Å²) in [6, 6.07) is 0. The van der Waals surface area contributed by atoms with E-state index in [0.29, 0.717) is 0 Å². The summed E-state index contributed by atoms with van der Waals surface area (Å²) >= 11 is 0. The lowest BCUT2D eigenvalue weighted by Crippen LogP contribution is -2.49. The van der Waals surface area contributed by atoms with E-state index in [1.807, 2.05) is 13.8 Å². The van der Waals surface area contributed by atoms with Gasteiger partial charge in [0, 0.05) is 18.6 Å². The summed E-state index contributed by atoms with van der Waals surface area (Å²) in [5.74, 6) is 0. The molecule has 0 saturated carbocycles. The molecule has 1 unspecified atom stereocenters. The molecule has 0 amide bonds. The number of β-amino-alcohol motifs (C(OH)–C–C–N with tert-alkyl or cyclic N) is 1. The molecule has 1 rings (SSSR count). The Labute approximate surface area is 86.7 Å². The first-order chi connectivity index (χ1) is 5.47. The highest BCUT2D eigenvalue weighted by Crippen LogP contribution is 2.12. The van der Waals surface area contributed by atoms with Gasteiger partial charge in [-0.3, -0.25) is 4.90 Å². The second kappa shape index (κ2) is 5.15. The summed E-state index contributed by atoms with van der Waals surface area (Å²) in [6.07, 6.45) is 1.90. The van der Waals surface area contributed by atoms with Crippen molar-refractivity contribution in [3.63, 3.8) is 0 Å². The third-order valence-corrected chi connectivity index (χ3v) is 2.11. The Bertz CT molecular complexity index is 147. The van der Waals surface area contributed by atoms with Crippen LogP contribution >= 0.6 is 12.4 Å². The zero-order chi connectivity index (χ0) is 9.19. The third-order valence-electron chi connectivity index (χ3n) is 2.11. The average Bonchev–Trinajstić information content (AvgIpc) is 1.82. The summed E-state index contributed by atoms with van der Waals surface area (Å²) < 4.78 is 0. The fraction of sp³-hybridized carbons (Fsp3) is 1.00. The van der Waals surface area contributed by atoms with Gasteiger partial charge < -0.3 is 10.8 Å². The predicted octanol–water partition coefficient (Wildman–Crippen LogP) is 0.602. The molecule has 3 nitrogen and oxygen atoms in total. The monoisotopic (exact) mass is 208 g/mol. The van der Waals surface area contributed by atoms with Gasteiger partial charge in [0.2, 0.25) is 0 Å². The van der Waals surface area contributed by atoms with Gasteiger partial charge in [0.25, 0.3) is 0 Å². The lowest BCUT2D eigenvalue weighted by Gasteiger charge is -2.34. The molecule has 0 aliphatic carbocycles. The highest BCUT2D eigenvalue weighted by Gasteiger charge is 2.22. The SMILES string of the molecule is CC(C)(N)CN1CCCC(O)C1.Cl. The van der Waals surface area contributed by atoms with Crippen LogP contribution in [0.5, 0.6) is 0 Å². The van der Waals surface area contributed by atoms with Gasteiger partial charge in [0.05, 0.1) is 6.10 Å². The van der Waals surface area contributed by atoms with Crippen LogP contribution in [0.1, 0.15) is 26.7 Å². The maximum atomic E-state index is 9.39. The van der Waals surface area contributed by atoms with Crippen molar-refractivity contribution in [2.24, 2.45) is 5.73 Å². The first-order valence-electron chi connectivity index (χ1n) is 4.67. The molecule has 0 radical (unpaired) electrons. The fourth-order valence-electron chi connectivity index (χ4n) is 1.75. The van der Waals surface area contributed by atoms with Gasteiger partial charge in [-0.25, -0.2) is 0 Å². The molecule has 4 heteroatoms. The maximum Gasteiger partial charge on any atom is 0.0667 e. The third kappa shape index (κ3) is 5.47. The Morgan fingerprint density at radius 1 is 1.54 bits per heavy atom. The lowest BCUT2D eigenvalue weighted by atomic mass is 10.0. The van der Waals surface area contributed by atoms with Crippen LogP contribution in [0.25, 0.3) is 0 Å². The van der Waals surface area contributed by atoms with Crippen molar-refractivity contribution in [3.05, 3.63) is 0 Å². The van der Waals surface area contributed by atoms with Gasteiger partial charge in [0.15, 0.2) is 0 Å². The van der Waals surface area contributed by atoms with Crippen molar-refractivity contribution >= 4 is 12.4 Å². The molecule has 1 fully saturated rings. The van der Waals surface area contributed by atoms with E-state index in [1.165, 1.54) is 0 Å². The van der Waals surface area contributed by atoms with Gasteiger partial charge in [-0.05, 0) is 33.2 Å². The number of aliphatic hydroxyl groups excluding tert-OH is 1. The molecule has 3 N–H and O–H groups in total. The normalized spacial score (nSPS) is 25.4. The summed E-state index contributed by atoms with van der Waals surface area (Å²) in [5, 5.41) is 9.39. The lowest BCUT2D eigenvalue weighted by molar-refractivity contribution is 0.0616. The van der Waals surface area contributed by atoms with E-state index in [9.17, 15) is 5.11 Å².